The first-order valence-corrected chi connectivity index (χ1v) is 10.7. The molecule has 1 saturated heterocycles. The van der Waals surface area contributed by atoms with Crippen LogP contribution < -0.4 is 14.8 Å². The second kappa shape index (κ2) is 8.25. The molecule has 0 amide bonds. The van der Waals surface area contributed by atoms with Crippen LogP contribution in [0.4, 0.5) is 0 Å². The number of hydrogen-bond acceptors (Lipinski definition) is 6. The Balaban J connectivity index is 1.67. The van der Waals surface area contributed by atoms with E-state index in [-0.39, 0.29) is 18.1 Å². The summed E-state index contributed by atoms with van der Waals surface area (Å²) in [6.07, 6.45) is 4.78. The molecule has 0 spiro atoms. The Hall–Kier alpha value is -1.86. The minimum atomic E-state index is -0.319. The zero-order valence-electron chi connectivity index (χ0n) is 16.2. The van der Waals surface area contributed by atoms with Gasteiger partial charge in [-0.3, -0.25) is 4.79 Å². The average Bonchev–Trinajstić information content (AvgIpc) is 3.16. The Bertz CT molecular complexity index is 902. The molecule has 4 rings (SSSR count). The first-order valence-electron chi connectivity index (χ1n) is 9.86. The highest BCUT2D eigenvalue weighted by molar-refractivity contribution is 9.10. The maximum absolute atomic E-state index is 12.0. The van der Waals surface area contributed by atoms with Gasteiger partial charge >= 0.3 is 5.97 Å². The Morgan fingerprint density at radius 1 is 1.29 bits per heavy atom. The molecule has 2 heterocycles. The van der Waals surface area contributed by atoms with E-state index in [0.717, 1.165) is 46.0 Å². The molecule has 1 aromatic heterocycles. The fourth-order valence-corrected chi connectivity index (χ4v) is 4.59. The maximum Gasteiger partial charge on any atom is 0.323 e. The summed E-state index contributed by atoms with van der Waals surface area (Å²) in [5.41, 5.74) is 2.42. The molecule has 150 valence electrons. The minimum Gasteiger partial charge on any atom is -0.496 e. The second-order valence-corrected chi connectivity index (χ2v) is 8.12. The number of benzene rings is 1. The number of rotatable bonds is 5. The average molecular weight is 449 g/mol. The third-order valence-electron chi connectivity index (χ3n) is 5.46. The number of methoxy groups -OCH3 is 1. The fraction of sp³-hybridized carbons (Fsp3) is 0.524. The number of nitrogens with one attached hydrogen (secondary N) is 1. The summed E-state index contributed by atoms with van der Waals surface area (Å²) < 4.78 is 17.8. The fourth-order valence-electron chi connectivity index (χ4n) is 4.09. The molecule has 28 heavy (non-hydrogen) atoms. The third-order valence-corrected chi connectivity index (χ3v) is 6.08. The highest BCUT2D eigenvalue weighted by atomic mass is 79.9. The Kier molecular flexibility index (Phi) is 5.73. The SMILES string of the molecule is CCOC(=O)[C@@H]1C[C@@H](Oc2nc3c(c4cc(OC)c(Br)cc24)CCCC3)CN1. The number of nitrogens with zero attached hydrogens (tertiary/aromatic N) is 1. The molecule has 0 unspecified atom stereocenters. The predicted molar refractivity (Wildman–Crippen MR) is 110 cm³/mol. The van der Waals surface area contributed by atoms with Crippen molar-refractivity contribution in [1.29, 1.82) is 0 Å². The largest absolute Gasteiger partial charge is 0.496 e. The van der Waals surface area contributed by atoms with Gasteiger partial charge in [0.05, 0.1) is 18.2 Å². The Morgan fingerprint density at radius 2 is 2.11 bits per heavy atom. The lowest BCUT2D eigenvalue weighted by atomic mass is 9.91. The summed E-state index contributed by atoms with van der Waals surface area (Å²) in [7, 11) is 1.68. The summed E-state index contributed by atoms with van der Waals surface area (Å²) in [4.78, 5) is 16.9. The molecule has 2 aliphatic rings. The lowest BCUT2D eigenvalue weighted by molar-refractivity contribution is -0.145. The molecule has 0 radical (unpaired) electrons. The molecular formula is C21H25BrN2O4. The van der Waals surface area contributed by atoms with E-state index in [1.54, 1.807) is 7.11 Å². The van der Waals surface area contributed by atoms with Crippen LogP contribution in [0, 0.1) is 0 Å². The monoisotopic (exact) mass is 448 g/mol. The molecule has 6 nitrogen and oxygen atoms in total. The van der Waals surface area contributed by atoms with Crippen LogP contribution in [0.3, 0.4) is 0 Å². The molecule has 1 N–H and O–H groups in total. The van der Waals surface area contributed by atoms with Crippen molar-refractivity contribution in [3.8, 4) is 11.6 Å². The smallest absolute Gasteiger partial charge is 0.323 e. The number of carbonyl (C=O) groups excluding carboxylic acids is 1. The zero-order chi connectivity index (χ0) is 19.7. The van der Waals surface area contributed by atoms with Gasteiger partial charge in [0.1, 0.15) is 17.9 Å². The minimum absolute atomic E-state index is 0.118. The van der Waals surface area contributed by atoms with Gasteiger partial charge in [0.2, 0.25) is 5.88 Å². The van der Waals surface area contributed by atoms with E-state index in [1.165, 1.54) is 12.0 Å². The number of fused-ring (bicyclic) bond motifs is 3. The molecular weight excluding hydrogens is 424 g/mol. The molecule has 0 bridgehead atoms. The normalized spacial score (nSPS) is 21.4. The van der Waals surface area contributed by atoms with E-state index >= 15 is 0 Å². The van der Waals surface area contributed by atoms with Gasteiger partial charge in [-0.15, -0.1) is 0 Å². The van der Waals surface area contributed by atoms with Crippen LogP contribution in [-0.2, 0) is 22.4 Å². The quantitative estimate of drug-likeness (QED) is 0.705. The van der Waals surface area contributed by atoms with Crippen molar-refractivity contribution in [3.63, 3.8) is 0 Å². The van der Waals surface area contributed by atoms with E-state index < -0.39 is 0 Å². The Labute approximate surface area is 173 Å². The van der Waals surface area contributed by atoms with Crippen molar-refractivity contribution < 1.29 is 19.0 Å². The number of halogens is 1. The zero-order valence-corrected chi connectivity index (χ0v) is 17.8. The van der Waals surface area contributed by atoms with Crippen LogP contribution in [0.25, 0.3) is 10.8 Å². The van der Waals surface area contributed by atoms with Crippen LogP contribution in [0.2, 0.25) is 0 Å². The highest BCUT2D eigenvalue weighted by Crippen LogP contribution is 2.39. The molecule has 1 aliphatic carbocycles. The predicted octanol–water partition coefficient (Wildman–Crippen LogP) is 3.56. The van der Waals surface area contributed by atoms with Gasteiger partial charge in [-0.05, 0) is 71.6 Å². The van der Waals surface area contributed by atoms with Gasteiger partial charge in [0.25, 0.3) is 0 Å². The van der Waals surface area contributed by atoms with Gasteiger partial charge in [-0.2, -0.15) is 0 Å². The molecule has 1 aliphatic heterocycles. The van der Waals surface area contributed by atoms with Crippen LogP contribution in [-0.4, -0.2) is 43.4 Å². The topological polar surface area (TPSA) is 69.7 Å². The van der Waals surface area contributed by atoms with Gasteiger partial charge in [-0.1, -0.05) is 0 Å². The van der Waals surface area contributed by atoms with Gasteiger partial charge < -0.3 is 19.5 Å². The summed E-state index contributed by atoms with van der Waals surface area (Å²) in [6, 6.07) is 3.78. The van der Waals surface area contributed by atoms with Crippen LogP contribution in [0.5, 0.6) is 11.6 Å². The number of esters is 1. The van der Waals surface area contributed by atoms with Crippen molar-refractivity contribution in [1.82, 2.24) is 10.3 Å². The third kappa shape index (κ3) is 3.70. The number of pyridine rings is 1. The first kappa shape index (κ1) is 19.5. The molecule has 2 aromatic rings. The van der Waals surface area contributed by atoms with E-state index in [9.17, 15) is 4.79 Å². The summed E-state index contributed by atoms with van der Waals surface area (Å²) in [6.45, 7) is 2.80. The molecule has 7 heteroatoms. The summed E-state index contributed by atoms with van der Waals surface area (Å²) in [5, 5.41) is 5.32. The van der Waals surface area contributed by atoms with Crippen molar-refractivity contribution in [2.75, 3.05) is 20.3 Å². The number of carbonyl (C=O) groups is 1. The lowest BCUT2D eigenvalue weighted by Gasteiger charge is -2.22. The van der Waals surface area contributed by atoms with E-state index in [1.807, 2.05) is 13.0 Å². The molecule has 0 saturated carbocycles. The first-order chi connectivity index (χ1) is 13.6. The van der Waals surface area contributed by atoms with E-state index in [2.05, 4.69) is 27.3 Å². The van der Waals surface area contributed by atoms with Crippen molar-refractivity contribution in [3.05, 3.63) is 27.9 Å². The van der Waals surface area contributed by atoms with Crippen molar-refractivity contribution in [2.24, 2.45) is 0 Å². The molecule has 1 aromatic carbocycles. The number of aromatic nitrogens is 1. The highest BCUT2D eigenvalue weighted by Gasteiger charge is 2.32. The number of hydrogen-bond donors (Lipinski definition) is 1. The summed E-state index contributed by atoms with van der Waals surface area (Å²) >= 11 is 3.58. The summed E-state index contributed by atoms with van der Waals surface area (Å²) in [5.74, 6) is 1.22. The maximum atomic E-state index is 12.0. The van der Waals surface area contributed by atoms with Gasteiger partial charge in [0, 0.05) is 24.0 Å². The van der Waals surface area contributed by atoms with Crippen molar-refractivity contribution in [2.45, 2.75) is 51.2 Å². The standard InChI is InChI=1S/C21H25BrN2O4/c1-3-27-21(25)18-8-12(11-23-18)28-20-15-9-16(22)19(26-2)10-14(15)13-6-4-5-7-17(13)24-20/h9-10,12,18,23H,3-8,11H2,1-2H3/t12-,18+/m1/s1. The Morgan fingerprint density at radius 3 is 2.89 bits per heavy atom. The van der Waals surface area contributed by atoms with Gasteiger partial charge in [-0.25, -0.2) is 4.98 Å². The van der Waals surface area contributed by atoms with Crippen LogP contribution >= 0.6 is 15.9 Å². The van der Waals surface area contributed by atoms with Crippen molar-refractivity contribution >= 4 is 32.7 Å². The molecule has 2 atom stereocenters. The van der Waals surface area contributed by atoms with E-state index in [0.29, 0.717) is 25.5 Å². The number of aryl methyl sites for hydroxylation is 2. The lowest BCUT2D eigenvalue weighted by Crippen LogP contribution is -2.32. The number of ether oxygens (including phenoxy) is 3. The van der Waals surface area contributed by atoms with Gasteiger partial charge in [0.15, 0.2) is 0 Å². The van der Waals surface area contributed by atoms with Crippen LogP contribution in [0.1, 0.15) is 37.4 Å². The van der Waals surface area contributed by atoms with E-state index in [4.69, 9.17) is 19.2 Å². The van der Waals surface area contributed by atoms with Crippen LogP contribution in [0.15, 0.2) is 16.6 Å². The molecule has 1 fully saturated rings. The second-order valence-electron chi connectivity index (χ2n) is 7.27.